The molecule has 1 saturated heterocycles. The number of ether oxygens (including phenoxy) is 3. The zero-order chi connectivity index (χ0) is 13.5. The quantitative estimate of drug-likeness (QED) is 0.904. The van der Waals surface area contributed by atoms with Crippen molar-refractivity contribution in [2.45, 2.75) is 38.1 Å². The highest BCUT2D eigenvalue weighted by Crippen LogP contribution is 2.44. The van der Waals surface area contributed by atoms with Crippen LogP contribution in [0.1, 0.15) is 30.9 Å². The van der Waals surface area contributed by atoms with E-state index in [1.165, 1.54) is 11.1 Å². The first kappa shape index (κ1) is 12.8. The van der Waals surface area contributed by atoms with Crippen molar-refractivity contribution < 1.29 is 14.2 Å². The van der Waals surface area contributed by atoms with E-state index in [1.807, 2.05) is 0 Å². The first-order valence-electron chi connectivity index (χ1n) is 6.85. The van der Waals surface area contributed by atoms with Crippen molar-refractivity contribution in [2.24, 2.45) is 5.73 Å². The molecular formula is C15H21NO3. The summed E-state index contributed by atoms with van der Waals surface area (Å²) in [5, 5.41) is 0. The van der Waals surface area contributed by atoms with Gasteiger partial charge in [-0.2, -0.15) is 0 Å². The number of hydrogen-bond donors (Lipinski definition) is 1. The monoisotopic (exact) mass is 263 g/mol. The highest BCUT2D eigenvalue weighted by molar-refractivity contribution is 5.51. The molecule has 19 heavy (non-hydrogen) atoms. The number of nitrogens with two attached hydrogens (primary N) is 1. The summed E-state index contributed by atoms with van der Waals surface area (Å²) in [5.41, 5.74) is 8.58. The fourth-order valence-corrected chi connectivity index (χ4v) is 2.90. The molecule has 0 radical (unpaired) electrons. The summed E-state index contributed by atoms with van der Waals surface area (Å²) in [4.78, 5) is 0. The normalized spacial score (nSPS) is 21.0. The van der Waals surface area contributed by atoms with Crippen LogP contribution in [0.3, 0.4) is 0 Å². The van der Waals surface area contributed by atoms with E-state index in [1.54, 1.807) is 0 Å². The summed E-state index contributed by atoms with van der Waals surface area (Å²) < 4.78 is 16.4. The van der Waals surface area contributed by atoms with E-state index in [0.717, 1.165) is 37.6 Å². The maximum absolute atomic E-state index is 5.90. The van der Waals surface area contributed by atoms with Gasteiger partial charge in [0.15, 0.2) is 11.5 Å². The first-order valence-corrected chi connectivity index (χ1v) is 6.85. The molecule has 2 N–H and O–H groups in total. The Hall–Kier alpha value is -1.26. The lowest BCUT2D eigenvalue weighted by molar-refractivity contribution is -0.0660. The van der Waals surface area contributed by atoms with Gasteiger partial charge in [0.2, 0.25) is 6.79 Å². The Labute approximate surface area is 113 Å². The van der Waals surface area contributed by atoms with Crippen LogP contribution in [-0.2, 0) is 10.2 Å². The molecule has 1 unspecified atom stereocenters. The molecule has 1 fully saturated rings. The highest BCUT2D eigenvalue weighted by Gasteiger charge is 2.41. The van der Waals surface area contributed by atoms with Crippen molar-refractivity contribution in [3.05, 3.63) is 23.3 Å². The Morgan fingerprint density at radius 1 is 1.26 bits per heavy atom. The molecule has 4 nitrogen and oxygen atoms in total. The molecule has 0 saturated carbocycles. The minimum Gasteiger partial charge on any atom is -0.454 e. The molecule has 1 atom stereocenters. The predicted molar refractivity (Wildman–Crippen MR) is 72.7 cm³/mol. The molecule has 104 valence electrons. The molecule has 0 amide bonds. The summed E-state index contributed by atoms with van der Waals surface area (Å²) >= 11 is 0. The van der Waals surface area contributed by atoms with Crippen LogP contribution in [0, 0.1) is 6.92 Å². The van der Waals surface area contributed by atoms with E-state index in [4.69, 9.17) is 19.9 Å². The van der Waals surface area contributed by atoms with Crippen LogP contribution in [0.2, 0.25) is 0 Å². The van der Waals surface area contributed by atoms with E-state index in [0.29, 0.717) is 6.79 Å². The van der Waals surface area contributed by atoms with Crippen LogP contribution in [0.4, 0.5) is 0 Å². The van der Waals surface area contributed by atoms with E-state index in [-0.39, 0.29) is 11.5 Å². The molecule has 0 aliphatic carbocycles. The average molecular weight is 263 g/mol. The lowest BCUT2D eigenvalue weighted by Gasteiger charge is -2.43. The summed E-state index contributed by atoms with van der Waals surface area (Å²) in [6.07, 6.45) is 2.07. The Kier molecular flexibility index (Phi) is 3.15. The van der Waals surface area contributed by atoms with Crippen molar-refractivity contribution in [2.75, 3.05) is 20.0 Å². The summed E-state index contributed by atoms with van der Waals surface area (Å²) in [6, 6.07) is 4.43. The molecule has 2 aliphatic rings. The molecular weight excluding hydrogens is 242 g/mol. The fraction of sp³-hybridized carbons (Fsp3) is 0.600. The highest BCUT2D eigenvalue weighted by atomic mass is 16.7. The largest absolute Gasteiger partial charge is 0.454 e. The van der Waals surface area contributed by atoms with Gasteiger partial charge in [0, 0.05) is 11.5 Å². The lowest BCUT2D eigenvalue weighted by atomic mass is 9.72. The van der Waals surface area contributed by atoms with Gasteiger partial charge in [0.25, 0.3) is 0 Å². The third kappa shape index (κ3) is 2.19. The van der Waals surface area contributed by atoms with Crippen LogP contribution < -0.4 is 15.2 Å². The summed E-state index contributed by atoms with van der Waals surface area (Å²) in [6.45, 7) is 6.06. The average Bonchev–Trinajstić information content (AvgIpc) is 2.74. The Bertz CT molecular complexity index is 481. The van der Waals surface area contributed by atoms with Crippen molar-refractivity contribution in [3.63, 3.8) is 0 Å². The topological polar surface area (TPSA) is 53.7 Å². The Morgan fingerprint density at radius 3 is 2.53 bits per heavy atom. The molecule has 2 heterocycles. The summed E-state index contributed by atoms with van der Waals surface area (Å²) in [5.74, 6) is 1.71. The van der Waals surface area contributed by atoms with Gasteiger partial charge in [-0.3, -0.25) is 0 Å². The third-order valence-corrected chi connectivity index (χ3v) is 4.13. The zero-order valence-electron chi connectivity index (χ0n) is 11.6. The van der Waals surface area contributed by atoms with Crippen LogP contribution in [-0.4, -0.2) is 26.0 Å². The van der Waals surface area contributed by atoms with Gasteiger partial charge in [-0.15, -0.1) is 0 Å². The fourth-order valence-electron chi connectivity index (χ4n) is 2.90. The number of fused-ring (bicyclic) bond motifs is 1. The molecule has 1 aromatic rings. The second-order valence-electron chi connectivity index (χ2n) is 5.81. The number of hydrogen-bond acceptors (Lipinski definition) is 4. The maximum atomic E-state index is 5.90. The number of benzene rings is 1. The molecule has 0 aromatic heterocycles. The second kappa shape index (κ2) is 4.69. The zero-order valence-corrected chi connectivity index (χ0v) is 11.6. The minimum atomic E-state index is 0.110. The summed E-state index contributed by atoms with van der Waals surface area (Å²) in [7, 11) is 0. The van der Waals surface area contributed by atoms with Gasteiger partial charge in [-0.05, 0) is 49.9 Å². The van der Waals surface area contributed by atoms with E-state index in [9.17, 15) is 0 Å². The van der Waals surface area contributed by atoms with E-state index >= 15 is 0 Å². The van der Waals surface area contributed by atoms with Gasteiger partial charge in [0.1, 0.15) is 0 Å². The van der Waals surface area contributed by atoms with Crippen molar-refractivity contribution in [1.82, 2.24) is 0 Å². The van der Waals surface area contributed by atoms with Gasteiger partial charge < -0.3 is 19.9 Å². The van der Waals surface area contributed by atoms with Crippen molar-refractivity contribution in [3.8, 4) is 11.5 Å². The van der Waals surface area contributed by atoms with Gasteiger partial charge in [-0.25, -0.2) is 0 Å². The second-order valence-corrected chi connectivity index (χ2v) is 5.81. The maximum Gasteiger partial charge on any atom is 0.231 e. The minimum absolute atomic E-state index is 0.110. The molecule has 4 heteroatoms. The smallest absolute Gasteiger partial charge is 0.231 e. The molecule has 0 bridgehead atoms. The van der Waals surface area contributed by atoms with Crippen LogP contribution in [0.15, 0.2) is 12.1 Å². The van der Waals surface area contributed by atoms with Crippen LogP contribution in [0.25, 0.3) is 0 Å². The third-order valence-electron chi connectivity index (χ3n) is 4.13. The SMILES string of the molecule is Cc1cc2c(cc1C1(CCC(C)N)COC1)OCO2. The van der Waals surface area contributed by atoms with E-state index in [2.05, 4.69) is 26.0 Å². The van der Waals surface area contributed by atoms with Gasteiger partial charge in [-0.1, -0.05) is 0 Å². The Morgan fingerprint density at radius 2 is 1.95 bits per heavy atom. The van der Waals surface area contributed by atoms with Gasteiger partial charge in [0.05, 0.1) is 13.2 Å². The standard InChI is InChI=1S/C15H21NO3/c1-10-5-13-14(19-9-18-13)6-12(10)15(7-17-8-15)4-3-11(2)16/h5-6,11H,3-4,7-9,16H2,1-2H3. The molecule has 3 rings (SSSR count). The molecule has 2 aliphatic heterocycles. The van der Waals surface area contributed by atoms with Crippen molar-refractivity contribution in [1.29, 1.82) is 0 Å². The van der Waals surface area contributed by atoms with Crippen LogP contribution >= 0.6 is 0 Å². The Balaban J connectivity index is 1.91. The molecule has 0 spiro atoms. The van der Waals surface area contributed by atoms with Gasteiger partial charge >= 0.3 is 0 Å². The predicted octanol–water partition coefficient (Wildman–Crippen LogP) is 2.12. The molecule has 1 aromatic carbocycles. The van der Waals surface area contributed by atoms with Crippen LogP contribution in [0.5, 0.6) is 11.5 Å². The van der Waals surface area contributed by atoms with Crippen molar-refractivity contribution >= 4 is 0 Å². The number of aryl methyl sites for hydroxylation is 1. The number of rotatable bonds is 4. The van der Waals surface area contributed by atoms with E-state index < -0.39 is 0 Å². The lowest BCUT2D eigenvalue weighted by Crippen LogP contribution is -2.47. The first-order chi connectivity index (χ1) is 9.11.